The largest absolute Gasteiger partial charge is 0.462 e. The van der Waals surface area contributed by atoms with Gasteiger partial charge in [-0.2, -0.15) is 0 Å². The minimum Gasteiger partial charge on any atom is -0.462 e. The number of carbonyl (C=O) groups excluding carboxylic acids is 1. The summed E-state index contributed by atoms with van der Waals surface area (Å²) in [5, 5.41) is 0. The zero-order valence-corrected chi connectivity index (χ0v) is 10.6. The summed E-state index contributed by atoms with van der Waals surface area (Å²) in [6, 6.07) is 3.44. The van der Waals surface area contributed by atoms with E-state index in [0.717, 1.165) is 26.1 Å². The van der Waals surface area contributed by atoms with Crippen LogP contribution in [0.1, 0.15) is 30.6 Å². The van der Waals surface area contributed by atoms with Crippen molar-refractivity contribution in [3.63, 3.8) is 0 Å². The molecule has 0 unspecified atom stereocenters. The summed E-state index contributed by atoms with van der Waals surface area (Å²) in [5.74, 6) is -0.294. The average molecular weight is 236 g/mol. The Labute approximate surface area is 103 Å². The molecule has 94 valence electrons. The Morgan fingerprint density at radius 2 is 2.18 bits per heavy atom. The van der Waals surface area contributed by atoms with E-state index in [1.54, 1.807) is 18.3 Å². The van der Waals surface area contributed by atoms with Crippen LogP contribution >= 0.6 is 0 Å². The number of nitrogens with zero attached hydrogens (tertiary/aromatic N) is 2. The summed E-state index contributed by atoms with van der Waals surface area (Å²) >= 11 is 0. The van der Waals surface area contributed by atoms with Gasteiger partial charge in [0.25, 0.3) is 0 Å². The van der Waals surface area contributed by atoms with Crippen molar-refractivity contribution < 1.29 is 9.53 Å². The quantitative estimate of drug-likeness (QED) is 0.536. The van der Waals surface area contributed by atoms with Gasteiger partial charge in [0.05, 0.1) is 12.2 Å². The number of ether oxygens (including phenoxy) is 1. The van der Waals surface area contributed by atoms with Crippen molar-refractivity contribution in [3.05, 3.63) is 30.1 Å². The average Bonchev–Trinajstić information content (AvgIpc) is 2.40. The Morgan fingerprint density at radius 1 is 1.41 bits per heavy atom. The molecular weight excluding hydrogens is 216 g/mol. The van der Waals surface area contributed by atoms with E-state index in [0.29, 0.717) is 12.2 Å². The van der Waals surface area contributed by atoms with Gasteiger partial charge in [0.15, 0.2) is 0 Å². The number of esters is 1. The summed E-state index contributed by atoms with van der Waals surface area (Å²) in [7, 11) is 0. The van der Waals surface area contributed by atoms with Crippen LogP contribution in [0.4, 0.5) is 0 Å². The maximum atomic E-state index is 11.6. The van der Waals surface area contributed by atoms with Crippen LogP contribution in [0.3, 0.4) is 0 Å². The summed E-state index contributed by atoms with van der Waals surface area (Å²) in [6.07, 6.45) is 4.03. The van der Waals surface area contributed by atoms with E-state index < -0.39 is 0 Å². The Bertz CT molecular complexity index is 323. The second kappa shape index (κ2) is 7.79. The second-order valence-corrected chi connectivity index (χ2v) is 3.76. The van der Waals surface area contributed by atoms with E-state index in [9.17, 15) is 4.79 Å². The van der Waals surface area contributed by atoms with Gasteiger partial charge in [-0.25, -0.2) is 4.79 Å². The Morgan fingerprint density at radius 3 is 2.76 bits per heavy atom. The third kappa shape index (κ3) is 4.95. The normalized spacial score (nSPS) is 10.5. The van der Waals surface area contributed by atoms with Gasteiger partial charge in [0.2, 0.25) is 0 Å². The van der Waals surface area contributed by atoms with Crippen molar-refractivity contribution in [3.8, 4) is 0 Å². The monoisotopic (exact) mass is 236 g/mol. The number of hydrogen-bond donors (Lipinski definition) is 0. The van der Waals surface area contributed by atoms with Crippen molar-refractivity contribution in [2.24, 2.45) is 0 Å². The van der Waals surface area contributed by atoms with Crippen molar-refractivity contribution in [1.29, 1.82) is 0 Å². The molecule has 17 heavy (non-hydrogen) atoms. The fraction of sp³-hybridized carbons (Fsp3) is 0.538. The molecule has 1 heterocycles. The van der Waals surface area contributed by atoms with Gasteiger partial charge in [-0.15, -0.1) is 0 Å². The maximum absolute atomic E-state index is 11.6. The molecule has 0 aliphatic rings. The van der Waals surface area contributed by atoms with Gasteiger partial charge in [-0.3, -0.25) is 4.98 Å². The standard InChI is InChI=1S/C13H20N2O2/c1-3-15(4-2)9-6-10-17-13(16)12-7-5-8-14-11-12/h5,7-8,11H,3-4,6,9-10H2,1-2H3. The molecule has 0 N–H and O–H groups in total. The van der Waals surface area contributed by atoms with Gasteiger partial charge < -0.3 is 9.64 Å². The minimum absolute atomic E-state index is 0.294. The second-order valence-electron chi connectivity index (χ2n) is 3.76. The third-order valence-electron chi connectivity index (χ3n) is 2.64. The van der Waals surface area contributed by atoms with Crippen LogP contribution in [-0.2, 0) is 4.74 Å². The lowest BCUT2D eigenvalue weighted by Crippen LogP contribution is -2.25. The number of pyridine rings is 1. The van der Waals surface area contributed by atoms with Crippen molar-refractivity contribution in [2.45, 2.75) is 20.3 Å². The predicted molar refractivity (Wildman–Crippen MR) is 66.9 cm³/mol. The third-order valence-corrected chi connectivity index (χ3v) is 2.64. The molecule has 0 aliphatic heterocycles. The molecule has 0 fully saturated rings. The first-order valence-electron chi connectivity index (χ1n) is 6.07. The highest BCUT2D eigenvalue weighted by Gasteiger charge is 2.06. The minimum atomic E-state index is -0.294. The van der Waals surface area contributed by atoms with Gasteiger partial charge in [0.1, 0.15) is 0 Å². The number of rotatable bonds is 7. The molecule has 0 spiro atoms. The highest BCUT2D eigenvalue weighted by Crippen LogP contribution is 2.00. The highest BCUT2D eigenvalue weighted by atomic mass is 16.5. The van der Waals surface area contributed by atoms with Gasteiger partial charge in [-0.1, -0.05) is 13.8 Å². The molecule has 0 aliphatic carbocycles. The van der Waals surface area contributed by atoms with Crippen LogP contribution in [0.25, 0.3) is 0 Å². The Kier molecular flexibility index (Phi) is 6.25. The summed E-state index contributed by atoms with van der Waals surface area (Å²) < 4.78 is 5.16. The molecule has 1 aromatic heterocycles. The van der Waals surface area contributed by atoms with Crippen LogP contribution in [0.15, 0.2) is 24.5 Å². The Hall–Kier alpha value is -1.42. The topological polar surface area (TPSA) is 42.4 Å². The van der Waals surface area contributed by atoms with Crippen LogP contribution in [-0.4, -0.2) is 42.1 Å². The lowest BCUT2D eigenvalue weighted by atomic mass is 10.3. The zero-order valence-electron chi connectivity index (χ0n) is 10.6. The molecule has 0 aromatic carbocycles. The van der Waals surface area contributed by atoms with E-state index >= 15 is 0 Å². The van der Waals surface area contributed by atoms with Crippen molar-refractivity contribution in [1.82, 2.24) is 9.88 Å². The molecule has 0 saturated heterocycles. The molecule has 4 nitrogen and oxygen atoms in total. The van der Waals surface area contributed by atoms with Crippen LogP contribution in [0.5, 0.6) is 0 Å². The molecule has 1 rings (SSSR count). The van der Waals surface area contributed by atoms with E-state index in [4.69, 9.17) is 4.74 Å². The number of hydrogen-bond acceptors (Lipinski definition) is 4. The fourth-order valence-corrected chi connectivity index (χ4v) is 1.56. The van der Waals surface area contributed by atoms with Gasteiger partial charge >= 0.3 is 5.97 Å². The number of carbonyl (C=O) groups is 1. The Balaban J connectivity index is 2.21. The van der Waals surface area contributed by atoms with Crippen molar-refractivity contribution >= 4 is 5.97 Å². The summed E-state index contributed by atoms with van der Waals surface area (Å²) in [6.45, 7) is 7.76. The van der Waals surface area contributed by atoms with Gasteiger partial charge in [-0.05, 0) is 31.6 Å². The fourth-order valence-electron chi connectivity index (χ4n) is 1.56. The molecule has 0 amide bonds. The van der Waals surface area contributed by atoms with Gasteiger partial charge in [0, 0.05) is 18.9 Å². The molecule has 4 heteroatoms. The van der Waals surface area contributed by atoms with Crippen LogP contribution in [0.2, 0.25) is 0 Å². The molecular formula is C13H20N2O2. The van der Waals surface area contributed by atoms with Crippen LogP contribution in [0, 0.1) is 0 Å². The van der Waals surface area contributed by atoms with E-state index in [1.807, 2.05) is 0 Å². The summed E-state index contributed by atoms with van der Waals surface area (Å²) in [5.41, 5.74) is 0.510. The first kappa shape index (κ1) is 13.6. The molecule has 0 radical (unpaired) electrons. The number of aromatic nitrogens is 1. The van der Waals surface area contributed by atoms with E-state index in [-0.39, 0.29) is 5.97 Å². The zero-order chi connectivity index (χ0) is 12.5. The predicted octanol–water partition coefficient (Wildman–Crippen LogP) is 1.97. The molecule has 0 saturated carbocycles. The first-order valence-corrected chi connectivity index (χ1v) is 6.07. The first-order chi connectivity index (χ1) is 8.27. The van der Waals surface area contributed by atoms with Crippen LogP contribution < -0.4 is 0 Å². The maximum Gasteiger partial charge on any atom is 0.339 e. The van der Waals surface area contributed by atoms with Crippen molar-refractivity contribution in [2.75, 3.05) is 26.2 Å². The molecule has 1 aromatic rings. The van der Waals surface area contributed by atoms with E-state index in [1.165, 1.54) is 6.20 Å². The smallest absolute Gasteiger partial charge is 0.339 e. The molecule has 0 bridgehead atoms. The lowest BCUT2D eigenvalue weighted by Gasteiger charge is -2.17. The lowest BCUT2D eigenvalue weighted by molar-refractivity contribution is 0.0489. The SMILES string of the molecule is CCN(CC)CCCOC(=O)c1cccnc1. The summed E-state index contributed by atoms with van der Waals surface area (Å²) in [4.78, 5) is 17.7. The molecule has 0 atom stereocenters. The highest BCUT2D eigenvalue weighted by molar-refractivity contribution is 5.88. The van der Waals surface area contributed by atoms with E-state index in [2.05, 4.69) is 23.7 Å².